The first-order chi connectivity index (χ1) is 12.9. The number of ether oxygens (including phenoxy) is 1. The molecule has 3 aromatic rings. The number of hydrogen-bond donors (Lipinski definition) is 1. The largest absolute Gasteiger partial charge is 0.444 e. The molecule has 1 N–H and O–H groups in total. The Morgan fingerprint density at radius 1 is 1.07 bits per heavy atom. The maximum absolute atomic E-state index is 13.4. The maximum Gasteiger partial charge on any atom is 0.339 e. The number of aryl methyl sites for hydroxylation is 1. The van der Waals surface area contributed by atoms with Crippen molar-refractivity contribution >= 4 is 17.7 Å². The first kappa shape index (κ1) is 18.2. The molecule has 0 saturated heterocycles. The van der Waals surface area contributed by atoms with Gasteiger partial charge in [0.15, 0.2) is 5.82 Å². The zero-order valence-corrected chi connectivity index (χ0v) is 14.1. The summed E-state index contributed by atoms with van der Waals surface area (Å²) in [6.07, 6.45) is -1.36. The van der Waals surface area contributed by atoms with E-state index in [0.717, 1.165) is 12.1 Å². The fourth-order valence-corrected chi connectivity index (χ4v) is 2.36. The maximum atomic E-state index is 13.4. The second-order valence-corrected chi connectivity index (χ2v) is 5.67. The van der Waals surface area contributed by atoms with Gasteiger partial charge < -0.3 is 14.6 Å². The van der Waals surface area contributed by atoms with E-state index < -0.39 is 29.6 Å². The predicted octanol–water partition coefficient (Wildman–Crippen LogP) is 3.80. The lowest BCUT2D eigenvalue weighted by atomic mass is 10.1. The number of anilines is 1. The van der Waals surface area contributed by atoms with Crippen molar-refractivity contribution in [1.82, 2.24) is 5.16 Å². The van der Waals surface area contributed by atoms with Gasteiger partial charge in [-0.25, -0.2) is 13.6 Å². The van der Waals surface area contributed by atoms with Crippen LogP contribution in [0.25, 0.3) is 0 Å². The SMILES string of the molecule is Cc1cc(NC(=O)C(OC(=O)c2cc(F)cc(F)c2)c2ccccc2)no1. The Kier molecular flexibility index (Phi) is 5.25. The molecule has 2 aromatic carbocycles. The monoisotopic (exact) mass is 372 g/mol. The summed E-state index contributed by atoms with van der Waals surface area (Å²) in [5.41, 5.74) is 0.0268. The van der Waals surface area contributed by atoms with Crippen molar-refractivity contribution < 1.29 is 27.6 Å². The number of halogens is 2. The van der Waals surface area contributed by atoms with Crippen LogP contribution in [0, 0.1) is 18.6 Å². The molecule has 8 heteroatoms. The quantitative estimate of drug-likeness (QED) is 0.689. The average Bonchev–Trinajstić information content (AvgIpc) is 3.04. The molecule has 0 bridgehead atoms. The Labute approximate surface area is 152 Å². The molecule has 1 aromatic heterocycles. The van der Waals surface area contributed by atoms with Crippen molar-refractivity contribution in [2.45, 2.75) is 13.0 Å². The molecule has 0 fully saturated rings. The fourth-order valence-electron chi connectivity index (χ4n) is 2.36. The van der Waals surface area contributed by atoms with E-state index in [4.69, 9.17) is 9.26 Å². The van der Waals surface area contributed by atoms with Crippen molar-refractivity contribution in [2.75, 3.05) is 5.32 Å². The van der Waals surface area contributed by atoms with Crippen molar-refractivity contribution in [3.63, 3.8) is 0 Å². The van der Waals surface area contributed by atoms with E-state index in [0.29, 0.717) is 17.4 Å². The molecule has 0 spiro atoms. The Morgan fingerprint density at radius 2 is 1.74 bits per heavy atom. The number of rotatable bonds is 5. The third-order valence-electron chi connectivity index (χ3n) is 3.54. The summed E-state index contributed by atoms with van der Waals surface area (Å²) in [5.74, 6) is -2.98. The predicted molar refractivity (Wildman–Crippen MR) is 90.8 cm³/mol. The van der Waals surface area contributed by atoms with Gasteiger partial charge in [-0.1, -0.05) is 35.5 Å². The van der Waals surface area contributed by atoms with Gasteiger partial charge in [-0.05, 0) is 19.1 Å². The number of nitrogens with zero attached hydrogens (tertiary/aromatic N) is 1. The number of nitrogens with one attached hydrogen (secondary N) is 1. The van der Waals surface area contributed by atoms with Gasteiger partial charge in [0.2, 0.25) is 6.10 Å². The molecular weight excluding hydrogens is 358 g/mol. The van der Waals surface area contributed by atoms with E-state index >= 15 is 0 Å². The zero-order valence-electron chi connectivity index (χ0n) is 14.1. The second kappa shape index (κ2) is 7.77. The molecule has 1 atom stereocenters. The summed E-state index contributed by atoms with van der Waals surface area (Å²) in [4.78, 5) is 24.9. The van der Waals surface area contributed by atoms with Crippen LogP contribution in [0.3, 0.4) is 0 Å². The van der Waals surface area contributed by atoms with Crippen LogP contribution in [-0.2, 0) is 9.53 Å². The summed E-state index contributed by atoms with van der Waals surface area (Å²) in [6.45, 7) is 1.65. The molecule has 6 nitrogen and oxygen atoms in total. The van der Waals surface area contributed by atoms with E-state index in [-0.39, 0.29) is 11.4 Å². The van der Waals surface area contributed by atoms with Crippen LogP contribution in [-0.4, -0.2) is 17.0 Å². The third kappa shape index (κ3) is 4.55. The Balaban J connectivity index is 1.85. The van der Waals surface area contributed by atoms with Gasteiger partial charge in [-0.2, -0.15) is 0 Å². The average molecular weight is 372 g/mol. The number of aromatic nitrogens is 1. The molecule has 1 amide bonds. The van der Waals surface area contributed by atoms with Crippen LogP contribution in [0.4, 0.5) is 14.6 Å². The van der Waals surface area contributed by atoms with Crippen molar-refractivity contribution in [3.8, 4) is 0 Å². The van der Waals surface area contributed by atoms with E-state index in [9.17, 15) is 18.4 Å². The molecule has 138 valence electrons. The summed E-state index contributed by atoms with van der Waals surface area (Å²) in [5, 5.41) is 6.12. The van der Waals surface area contributed by atoms with Gasteiger partial charge >= 0.3 is 5.97 Å². The first-order valence-corrected chi connectivity index (χ1v) is 7.88. The molecule has 27 heavy (non-hydrogen) atoms. The van der Waals surface area contributed by atoms with Gasteiger partial charge in [0.05, 0.1) is 5.56 Å². The minimum atomic E-state index is -1.36. The number of benzene rings is 2. The van der Waals surface area contributed by atoms with Gasteiger partial charge in [0.25, 0.3) is 5.91 Å². The normalized spacial score (nSPS) is 11.7. The summed E-state index contributed by atoms with van der Waals surface area (Å²) >= 11 is 0. The molecule has 0 aliphatic heterocycles. The minimum Gasteiger partial charge on any atom is -0.444 e. The molecular formula is C19H14F2N2O4. The number of amides is 1. The third-order valence-corrected chi connectivity index (χ3v) is 3.54. The van der Waals surface area contributed by atoms with Gasteiger partial charge in [-0.3, -0.25) is 4.79 Å². The highest BCUT2D eigenvalue weighted by molar-refractivity contribution is 5.97. The van der Waals surface area contributed by atoms with Gasteiger partial charge in [-0.15, -0.1) is 0 Å². The van der Waals surface area contributed by atoms with Crippen LogP contribution in [0.2, 0.25) is 0 Å². The lowest BCUT2D eigenvalue weighted by Gasteiger charge is -2.17. The van der Waals surface area contributed by atoms with E-state index in [1.54, 1.807) is 37.3 Å². The van der Waals surface area contributed by atoms with Crippen LogP contribution >= 0.6 is 0 Å². The number of carbonyl (C=O) groups is 2. The first-order valence-electron chi connectivity index (χ1n) is 7.88. The number of esters is 1. The fraction of sp³-hybridized carbons (Fsp3) is 0.105. The Bertz CT molecular complexity index is 953. The van der Waals surface area contributed by atoms with Crippen LogP contribution < -0.4 is 5.32 Å². The van der Waals surface area contributed by atoms with Gasteiger partial charge in [0, 0.05) is 17.7 Å². The summed E-state index contributed by atoms with van der Waals surface area (Å²) in [6, 6.07) is 12.0. The Morgan fingerprint density at radius 3 is 2.33 bits per heavy atom. The summed E-state index contributed by atoms with van der Waals surface area (Å²) in [7, 11) is 0. The van der Waals surface area contributed by atoms with Crippen LogP contribution in [0.5, 0.6) is 0 Å². The van der Waals surface area contributed by atoms with E-state index in [2.05, 4.69) is 10.5 Å². The van der Waals surface area contributed by atoms with E-state index in [1.807, 2.05) is 0 Å². The lowest BCUT2D eigenvalue weighted by Crippen LogP contribution is -2.26. The van der Waals surface area contributed by atoms with Crippen LogP contribution in [0.15, 0.2) is 59.1 Å². The van der Waals surface area contributed by atoms with Gasteiger partial charge in [0.1, 0.15) is 17.4 Å². The molecule has 0 radical (unpaired) electrons. The van der Waals surface area contributed by atoms with Crippen molar-refractivity contribution in [3.05, 3.63) is 83.1 Å². The Hall–Kier alpha value is -3.55. The molecule has 1 heterocycles. The number of hydrogen-bond acceptors (Lipinski definition) is 5. The molecule has 0 aliphatic carbocycles. The molecule has 3 rings (SSSR count). The standard InChI is InChI=1S/C19H14F2N2O4/c1-11-7-16(23-27-11)22-18(24)17(12-5-3-2-4-6-12)26-19(25)13-8-14(20)10-15(21)9-13/h2-10,17H,1H3,(H,22,23,24). The molecule has 1 unspecified atom stereocenters. The topological polar surface area (TPSA) is 81.4 Å². The highest BCUT2D eigenvalue weighted by atomic mass is 19.1. The number of carbonyl (C=O) groups excluding carboxylic acids is 2. The van der Waals surface area contributed by atoms with Crippen LogP contribution in [0.1, 0.15) is 27.8 Å². The smallest absolute Gasteiger partial charge is 0.339 e. The highest BCUT2D eigenvalue weighted by Crippen LogP contribution is 2.22. The second-order valence-electron chi connectivity index (χ2n) is 5.67. The zero-order chi connectivity index (χ0) is 19.4. The van der Waals surface area contributed by atoms with E-state index in [1.165, 1.54) is 6.07 Å². The lowest BCUT2D eigenvalue weighted by molar-refractivity contribution is -0.125. The molecule has 0 aliphatic rings. The summed E-state index contributed by atoms with van der Waals surface area (Å²) < 4.78 is 36.8. The molecule has 0 saturated carbocycles. The highest BCUT2D eigenvalue weighted by Gasteiger charge is 2.27. The van der Waals surface area contributed by atoms with Crippen molar-refractivity contribution in [1.29, 1.82) is 0 Å². The minimum absolute atomic E-state index is 0.145. The van der Waals surface area contributed by atoms with Crippen molar-refractivity contribution in [2.24, 2.45) is 0 Å².